The molecule has 0 saturated heterocycles. The van der Waals surface area contributed by atoms with E-state index in [4.69, 9.17) is 4.74 Å². The molecule has 2 atom stereocenters. The maximum Gasteiger partial charge on any atom is 0.0945 e. The zero-order valence-corrected chi connectivity index (χ0v) is 13.4. The molecule has 0 aliphatic carbocycles. The molecule has 3 nitrogen and oxygen atoms in total. The van der Waals surface area contributed by atoms with Gasteiger partial charge in [0.25, 0.3) is 0 Å². The van der Waals surface area contributed by atoms with E-state index in [1.165, 1.54) is 11.1 Å². The lowest BCUT2D eigenvalue weighted by molar-refractivity contribution is 0.103. The van der Waals surface area contributed by atoms with Crippen LogP contribution in [0.3, 0.4) is 0 Å². The van der Waals surface area contributed by atoms with Crippen molar-refractivity contribution in [2.24, 2.45) is 5.92 Å². The van der Waals surface area contributed by atoms with Crippen molar-refractivity contribution in [3.8, 4) is 0 Å². The van der Waals surface area contributed by atoms with Crippen molar-refractivity contribution >= 4 is 0 Å². The van der Waals surface area contributed by atoms with E-state index in [0.717, 1.165) is 25.1 Å². The predicted molar refractivity (Wildman–Crippen MR) is 84.0 cm³/mol. The molecule has 2 N–H and O–H groups in total. The van der Waals surface area contributed by atoms with Gasteiger partial charge < -0.3 is 15.2 Å². The Balaban J connectivity index is 2.72. The lowest BCUT2D eigenvalue weighted by Crippen LogP contribution is -2.40. The Hall–Kier alpha value is -0.900. The number of aliphatic hydroxyl groups excluding tert-OH is 1. The Morgan fingerprint density at radius 3 is 2.45 bits per heavy atom. The molecule has 0 heterocycles. The number of benzene rings is 1. The van der Waals surface area contributed by atoms with Gasteiger partial charge in [0.2, 0.25) is 0 Å². The summed E-state index contributed by atoms with van der Waals surface area (Å²) in [5, 5.41) is 14.1. The van der Waals surface area contributed by atoms with Crippen LogP contribution < -0.4 is 5.32 Å². The first-order valence-corrected chi connectivity index (χ1v) is 7.45. The fraction of sp³-hybridized carbons (Fsp3) is 0.647. The molecule has 114 valence electrons. The summed E-state index contributed by atoms with van der Waals surface area (Å²) >= 11 is 0. The van der Waals surface area contributed by atoms with Crippen LogP contribution >= 0.6 is 0 Å². The van der Waals surface area contributed by atoms with Crippen molar-refractivity contribution in [2.45, 2.75) is 46.3 Å². The molecular weight excluding hydrogens is 250 g/mol. The Morgan fingerprint density at radius 1 is 1.20 bits per heavy atom. The highest BCUT2D eigenvalue weighted by Gasteiger charge is 2.23. The average Bonchev–Trinajstić information content (AvgIpc) is 2.41. The third-order valence-corrected chi connectivity index (χ3v) is 3.84. The summed E-state index contributed by atoms with van der Waals surface area (Å²) in [5.41, 5.74) is 3.48. The van der Waals surface area contributed by atoms with Crippen LogP contribution in [0.4, 0.5) is 0 Å². The van der Waals surface area contributed by atoms with Crippen molar-refractivity contribution in [3.05, 3.63) is 34.9 Å². The first-order valence-electron chi connectivity index (χ1n) is 7.45. The highest BCUT2D eigenvalue weighted by molar-refractivity contribution is 5.31. The predicted octanol–water partition coefficient (Wildman–Crippen LogP) is 2.99. The number of hydrogen-bond donors (Lipinski definition) is 2. The van der Waals surface area contributed by atoms with Gasteiger partial charge in [0, 0.05) is 19.8 Å². The van der Waals surface area contributed by atoms with Crippen LogP contribution in [0, 0.1) is 19.8 Å². The topological polar surface area (TPSA) is 41.5 Å². The largest absolute Gasteiger partial charge is 0.387 e. The highest BCUT2D eigenvalue weighted by atomic mass is 16.5. The van der Waals surface area contributed by atoms with Crippen molar-refractivity contribution in [1.82, 2.24) is 5.32 Å². The number of hydrogen-bond acceptors (Lipinski definition) is 3. The van der Waals surface area contributed by atoms with Crippen molar-refractivity contribution in [2.75, 3.05) is 20.3 Å². The molecule has 0 amide bonds. The van der Waals surface area contributed by atoms with Gasteiger partial charge in [-0.2, -0.15) is 0 Å². The van der Waals surface area contributed by atoms with Gasteiger partial charge >= 0.3 is 0 Å². The molecule has 0 saturated carbocycles. The van der Waals surface area contributed by atoms with Gasteiger partial charge in [-0.05, 0) is 49.4 Å². The van der Waals surface area contributed by atoms with E-state index in [0.29, 0.717) is 5.92 Å². The minimum atomic E-state index is -0.475. The van der Waals surface area contributed by atoms with Crippen LogP contribution in [0.5, 0.6) is 0 Å². The standard InChI is InChI=1S/C17H29NO2/c1-12(2)16(18-9-6-10-20-5)17(19)15-8-7-13(3)14(4)11-15/h7-8,11-12,16-19H,6,9-10H2,1-5H3. The molecule has 1 rings (SSSR count). The Kier molecular flexibility index (Phi) is 7.20. The van der Waals surface area contributed by atoms with Crippen LogP contribution in [-0.2, 0) is 4.74 Å². The van der Waals surface area contributed by atoms with Crippen LogP contribution in [0.2, 0.25) is 0 Å². The van der Waals surface area contributed by atoms with E-state index in [1.807, 2.05) is 6.07 Å². The first kappa shape index (κ1) is 17.2. The molecule has 0 bridgehead atoms. The lowest BCUT2D eigenvalue weighted by Gasteiger charge is -2.28. The van der Waals surface area contributed by atoms with E-state index in [1.54, 1.807) is 7.11 Å². The monoisotopic (exact) mass is 279 g/mol. The SMILES string of the molecule is COCCCNC(C(C)C)C(O)c1ccc(C)c(C)c1. The fourth-order valence-corrected chi connectivity index (χ4v) is 2.35. The summed E-state index contributed by atoms with van der Waals surface area (Å²) in [4.78, 5) is 0. The van der Waals surface area contributed by atoms with Gasteiger partial charge in [0.15, 0.2) is 0 Å². The average molecular weight is 279 g/mol. The number of ether oxygens (including phenoxy) is 1. The summed E-state index contributed by atoms with van der Waals surface area (Å²) in [6, 6.07) is 6.26. The maximum atomic E-state index is 10.6. The number of aliphatic hydroxyl groups is 1. The smallest absolute Gasteiger partial charge is 0.0945 e. The van der Waals surface area contributed by atoms with Crippen LogP contribution in [0.15, 0.2) is 18.2 Å². The summed E-state index contributed by atoms with van der Waals surface area (Å²) in [5.74, 6) is 0.370. The van der Waals surface area contributed by atoms with Gasteiger partial charge in [-0.3, -0.25) is 0 Å². The van der Waals surface area contributed by atoms with Gasteiger partial charge in [-0.1, -0.05) is 32.0 Å². The second-order valence-electron chi connectivity index (χ2n) is 5.86. The van der Waals surface area contributed by atoms with Crippen LogP contribution in [0.1, 0.15) is 43.1 Å². The summed E-state index contributed by atoms with van der Waals surface area (Å²) in [6.45, 7) is 10.1. The second-order valence-corrected chi connectivity index (χ2v) is 5.86. The zero-order chi connectivity index (χ0) is 15.1. The van der Waals surface area contributed by atoms with Crippen molar-refractivity contribution in [3.63, 3.8) is 0 Å². The van der Waals surface area contributed by atoms with E-state index in [-0.39, 0.29) is 6.04 Å². The molecule has 0 fully saturated rings. The number of methoxy groups -OCH3 is 1. The molecule has 0 aromatic heterocycles. The second kappa shape index (κ2) is 8.40. The number of aryl methyl sites for hydroxylation is 2. The molecule has 1 aromatic carbocycles. The third-order valence-electron chi connectivity index (χ3n) is 3.84. The minimum Gasteiger partial charge on any atom is -0.387 e. The summed E-state index contributed by atoms with van der Waals surface area (Å²) in [7, 11) is 1.71. The van der Waals surface area contributed by atoms with E-state index >= 15 is 0 Å². The van der Waals surface area contributed by atoms with Crippen molar-refractivity contribution < 1.29 is 9.84 Å². The Morgan fingerprint density at radius 2 is 1.90 bits per heavy atom. The van der Waals surface area contributed by atoms with E-state index in [2.05, 4.69) is 45.1 Å². The molecule has 0 aliphatic rings. The quantitative estimate of drug-likeness (QED) is 0.719. The molecule has 0 radical (unpaired) electrons. The van der Waals surface area contributed by atoms with E-state index in [9.17, 15) is 5.11 Å². The van der Waals surface area contributed by atoms with Gasteiger partial charge in [0.1, 0.15) is 0 Å². The van der Waals surface area contributed by atoms with Crippen molar-refractivity contribution in [1.29, 1.82) is 0 Å². The lowest BCUT2D eigenvalue weighted by atomic mass is 9.91. The molecule has 0 spiro atoms. The molecule has 2 unspecified atom stereocenters. The van der Waals surface area contributed by atoms with E-state index < -0.39 is 6.10 Å². The summed E-state index contributed by atoms with van der Waals surface area (Å²) in [6.07, 6.45) is 0.483. The molecule has 3 heteroatoms. The van der Waals surface area contributed by atoms with Gasteiger partial charge in [-0.15, -0.1) is 0 Å². The fourth-order valence-electron chi connectivity index (χ4n) is 2.35. The van der Waals surface area contributed by atoms with Gasteiger partial charge in [-0.25, -0.2) is 0 Å². The Labute approximate surface area is 123 Å². The normalized spacial score (nSPS) is 14.6. The third kappa shape index (κ3) is 4.89. The maximum absolute atomic E-state index is 10.6. The molecule has 0 aliphatic heterocycles. The van der Waals surface area contributed by atoms with Gasteiger partial charge in [0.05, 0.1) is 6.10 Å². The molecule has 20 heavy (non-hydrogen) atoms. The summed E-state index contributed by atoms with van der Waals surface area (Å²) < 4.78 is 5.06. The minimum absolute atomic E-state index is 0.0639. The Bertz CT molecular complexity index is 404. The van der Waals surface area contributed by atoms with Crippen LogP contribution in [0.25, 0.3) is 0 Å². The molecular formula is C17H29NO2. The zero-order valence-electron chi connectivity index (χ0n) is 13.4. The highest BCUT2D eigenvalue weighted by Crippen LogP contribution is 2.23. The first-order chi connectivity index (χ1) is 9.47. The molecule has 1 aromatic rings. The number of nitrogens with one attached hydrogen (secondary N) is 1. The number of rotatable bonds is 8. The van der Waals surface area contributed by atoms with Crippen LogP contribution in [-0.4, -0.2) is 31.4 Å².